The van der Waals surface area contributed by atoms with E-state index in [4.69, 9.17) is 16.6 Å². The standard InChI is InChI=1S/C16H18ClN5/c1-22(2)9-8-19-15-12-10-11(17)5-6-13(12)20-16-14(21-15)4-3-7-18-16/h3-7,10H,8-9H2,1-2H3,(H,18,20)(H,19,21). The molecule has 2 N–H and O–H groups in total. The molecule has 0 saturated heterocycles. The first kappa shape index (κ1) is 14.8. The number of fused-ring (bicyclic) bond motifs is 2. The third kappa shape index (κ3) is 3.21. The molecule has 0 bridgehead atoms. The molecule has 6 heteroatoms. The zero-order valence-electron chi connectivity index (χ0n) is 12.6. The lowest BCUT2D eigenvalue weighted by atomic mass is 10.1. The van der Waals surface area contributed by atoms with Crippen molar-refractivity contribution in [3.05, 3.63) is 47.1 Å². The van der Waals surface area contributed by atoms with Gasteiger partial charge in [-0.15, -0.1) is 0 Å². The average molecular weight is 316 g/mol. The first-order valence-electron chi connectivity index (χ1n) is 7.11. The Kier molecular flexibility index (Phi) is 4.27. The maximum absolute atomic E-state index is 6.16. The molecule has 0 amide bonds. The molecule has 1 aromatic heterocycles. The van der Waals surface area contributed by atoms with Crippen molar-refractivity contribution >= 4 is 34.6 Å². The minimum absolute atomic E-state index is 0.682. The summed E-state index contributed by atoms with van der Waals surface area (Å²) in [6, 6.07) is 9.60. The number of halogens is 1. The summed E-state index contributed by atoms with van der Waals surface area (Å²) in [4.78, 5) is 11.2. The molecule has 114 valence electrons. The fourth-order valence-corrected chi connectivity index (χ4v) is 2.41. The van der Waals surface area contributed by atoms with Gasteiger partial charge in [0.15, 0.2) is 5.82 Å². The highest BCUT2D eigenvalue weighted by molar-refractivity contribution is 6.31. The van der Waals surface area contributed by atoms with Crippen molar-refractivity contribution in [1.82, 2.24) is 9.88 Å². The van der Waals surface area contributed by atoms with Crippen LogP contribution in [0.4, 0.5) is 17.2 Å². The first-order chi connectivity index (χ1) is 10.6. The van der Waals surface area contributed by atoms with Gasteiger partial charge in [0.05, 0.1) is 17.9 Å². The highest BCUT2D eigenvalue weighted by Gasteiger charge is 2.18. The van der Waals surface area contributed by atoms with E-state index in [2.05, 4.69) is 20.5 Å². The number of nitrogens with zero attached hydrogens (tertiary/aromatic N) is 3. The molecule has 1 aliphatic rings. The monoisotopic (exact) mass is 315 g/mol. The van der Waals surface area contributed by atoms with Crippen molar-refractivity contribution < 1.29 is 0 Å². The number of hydrogen-bond acceptors (Lipinski definition) is 4. The number of amidine groups is 1. The number of anilines is 3. The molecule has 3 rings (SSSR count). The topological polar surface area (TPSA) is 52.5 Å². The number of rotatable bonds is 3. The van der Waals surface area contributed by atoms with Crippen molar-refractivity contribution in [3.8, 4) is 0 Å². The molecule has 0 fully saturated rings. The fourth-order valence-electron chi connectivity index (χ4n) is 2.24. The zero-order valence-corrected chi connectivity index (χ0v) is 13.4. The highest BCUT2D eigenvalue weighted by atomic mass is 35.5. The van der Waals surface area contributed by atoms with Crippen LogP contribution < -0.4 is 10.6 Å². The number of aromatic nitrogens is 1. The summed E-state index contributed by atoms with van der Waals surface area (Å²) in [5, 5.41) is 7.38. The maximum Gasteiger partial charge on any atom is 0.154 e. The van der Waals surface area contributed by atoms with E-state index in [1.165, 1.54) is 0 Å². The third-order valence-electron chi connectivity index (χ3n) is 3.37. The number of pyridine rings is 1. The van der Waals surface area contributed by atoms with Gasteiger partial charge >= 0.3 is 0 Å². The molecular formula is C16H18ClN5. The fraction of sp³-hybridized carbons (Fsp3) is 0.250. The van der Waals surface area contributed by atoms with Crippen LogP contribution >= 0.6 is 11.6 Å². The molecule has 5 nitrogen and oxygen atoms in total. The second-order valence-corrected chi connectivity index (χ2v) is 5.81. The summed E-state index contributed by atoms with van der Waals surface area (Å²) in [6.07, 6.45) is 1.76. The van der Waals surface area contributed by atoms with Gasteiger partial charge in [-0.1, -0.05) is 11.6 Å². The Morgan fingerprint density at radius 2 is 2.05 bits per heavy atom. The van der Waals surface area contributed by atoms with E-state index in [-0.39, 0.29) is 0 Å². The van der Waals surface area contributed by atoms with Crippen LogP contribution in [0.15, 0.2) is 41.5 Å². The van der Waals surface area contributed by atoms with E-state index >= 15 is 0 Å². The summed E-state index contributed by atoms with van der Waals surface area (Å²) >= 11 is 6.16. The van der Waals surface area contributed by atoms with Crippen LogP contribution in [0.2, 0.25) is 5.02 Å². The Bertz CT molecular complexity index is 711. The molecule has 0 spiro atoms. The molecule has 0 unspecified atom stereocenters. The summed E-state index contributed by atoms with van der Waals surface area (Å²) in [5.41, 5.74) is 2.79. The van der Waals surface area contributed by atoms with Crippen LogP contribution in [0.3, 0.4) is 0 Å². The second kappa shape index (κ2) is 6.34. The smallest absolute Gasteiger partial charge is 0.154 e. The molecule has 1 aromatic carbocycles. The average Bonchev–Trinajstić information content (AvgIpc) is 2.64. The van der Waals surface area contributed by atoms with Crippen molar-refractivity contribution in [3.63, 3.8) is 0 Å². The summed E-state index contributed by atoms with van der Waals surface area (Å²) in [7, 11) is 4.07. The van der Waals surface area contributed by atoms with Gasteiger partial charge in [-0.25, -0.2) is 4.98 Å². The summed E-state index contributed by atoms with van der Waals surface area (Å²) < 4.78 is 0. The Hall–Kier alpha value is -2.11. The maximum atomic E-state index is 6.16. The highest BCUT2D eigenvalue weighted by Crippen LogP contribution is 2.31. The third-order valence-corrected chi connectivity index (χ3v) is 3.60. The van der Waals surface area contributed by atoms with Crippen molar-refractivity contribution in [2.45, 2.75) is 0 Å². The van der Waals surface area contributed by atoms with Crippen LogP contribution in [0, 0.1) is 0 Å². The lowest BCUT2D eigenvalue weighted by Gasteiger charge is -2.11. The van der Waals surface area contributed by atoms with Gasteiger partial charge in [-0.05, 0) is 44.4 Å². The number of hydrogen-bond donors (Lipinski definition) is 2. The molecule has 22 heavy (non-hydrogen) atoms. The Morgan fingerprint density at radius 1 is 1.18 bits per heavy atom. The molecule has 0 aliphatic carbocycles. The van der Waals surface area contributed by atoms with Gasteiger partial charge in [-0.3, -0.25) is 4.99 Å². The quantitative estimate of drug-likeness (QED) is 0.913. The van der Waals surface area contributed by atoms with E-state index in [0.29, 0.717) is 11.6 Å². The Labute approximate surface area is 135 Å². The number of nitrogens with one attached hydrogen (secondary N) is 2. The number of likely N-dealkylation sites (N-methyl/N-ethyl adjacent to an activating group) is 1. The van der Waals surface area contributed by atoms with Gasteiger partial charge in [0, 0.05) is 23.3 Å². The molecular weight excluding hydrogens is 298 g/mol. The molecule has 2 aromatic rings. The molecule has 2 heterocycles. The van der Waals surface area contributed by atoms with Crippen molar-refractivity contribution in [2.75, 3.05) is 37.8 Å². The molecule has 1 aliphatic heterocycles. The van der Waals surface area contributed by atoms with Crippen LogP contribution in [-0.2, 0) is 0 Å². The predicted molar refractivity (Wildman–Crippen MR) is 92.6 cm³/mol. The van der Waals surface area contributed by atoms with E-state index in [9.17, 15) is 0 Å². The minimum Gasteiger partial charge on any atom is -0.338 e. The van der Waals surface area contributed by atoms with Crippen LogP contribution in [0.1, 0.15) is 5.56 Å². The zero-order chi connectivity index (χ0) is 15.5. The summed E-state index contributed by atoms with van der Waals surface area (Å²) in [6.45, 7) is 1.59. The van der Waals surface area contributed by atoms with E-state index in [1.54, 1.807) is 6.20 Å². The normalized spacial score (nSPS) is 14.8. The Balaban J connectivity index is 2.02. The van der Waals surface area contributed by atoms with E-state index < -0.39 is 0 Å². The second-order valence-electron chi connectivity index (χ2n) is 5.37. The van der Waals surface area contributed by atoms with Crippen molar-refractivity contribution in [1.29, 1.82) is 0 Å². The van der Waals surface area contributed by atoms with Crippen LogP contribution in [0.25, 0.3) is 0 Å². The lowest BCUT2D eigenvalue weighted by molar-refractivity contribution is 0.420. The van der Waals surface area contributed by atoms with E-state index in [1.807, 2.05) is 44.4 Å². The minimum atomic E-state index is 0.682. The Morgan fingerprint density at radius 3 is 2.86 bits per heavy atom. The van der Waals surface area contributed by atoms with Gasteiger partial charge < -0.3 is 15.5 Å². The largest absolute Gasteiger partial charge is 0.338 e. The number of benzene rings is 1. The van der Waals surface area contributed by atoms with Crippen LogP contribution in [0.5, 0.6) is 0 Å². The van der Waals surface area contributed by atoms with Gasteiger partial charge in [0.25, 0.3) is 0 Å². The van der Waals surface area contributed by atoms with Gasteiger partial charge in [0.1, 0.15) is 5.84 Å². The SMILES string of the molecule is CN(C)CCN=C1Nc2cccnc2Nc2ccc(Cl)cc21. The predicted octanol–water partition coefficient (Wildman–Crippen LogP) is 3.21. The lowest BCUT2D eigenvalue weighted by Crippen LogP contribution is -2.19. The van der Waals surface area contributed by atoms with Gasteiger partial charge in [-0.2, -0.15) is 0 Å². The summed E-state index contributed by atoms with van der Waals surface area (Å²) in [5.74, 6) is 1.59. The van der Waals surface area contributed by atoms with E-state index in [0.717, 1.165) is 35.1 Å². The first-order valence-corrected chi connectivity index (χ1v) is 7.49. The van der Waals surface area contributed by atoms with Gasteiger partial charge in [0.2, 0.25) is 0 Å². The molecule has 0 radical (unpaired) electrons. The molecule has 0 saturated carbocycles. The van der Waals surface area contributed by atoms with Crippen molar-refractivity contribution in [2.24, 2.45) is 4.99 Å². The van der Waals surface area contributed by atoms with Crippen LogP contribution in [-0.4, -0.2) is 42.9 Å². The molecule has 0 atom stereocenters. The number of aliphatic imine (C=N–C) groups is 1.